The van der Waals surface area contributed by atoms with Crippen LogP contribution in [-0.4, -0.2) is 57.6 Å². The van der Waals surface area contributed by atoms with E-state index in [9.17, 15) is 9.90 Å². The number of carbonyl (C=O) groups is 1. The average molecular weight is 288 g/mol. The first-order chi connectivity index (χ1) is 9.99. The van der Waals surface area contributed by atoms with Gasteiger partial charge in [0.25, 0.3) is 0 Å². The molecule has 1 fully saturated rings. The van der Waals surface area contributed by atoms with Gasteiger partial charge in [-0.2, -0.15) is 0 Å². The highest BCUT2D eigenvalue weighted by Gasteiger charge is 2.31. The van der Waals surface area contributed by atoms with E-state index in [1.807, 2.05) is 18.2 Å². The van der Waals surface area contributed by atoms with Crippen molar-refractivity contribution in [3.63, 3.8) is 0 Å². The van der Waals surface area contributed by atoms with Gasteiger partial charge in [0.2, 0.25) is 0 Å². The number of nitrogens with zero attached hydrogens (tertiary/aromatic N) is 4. The normalized spacial score (nSPS) is 23.7. The van der Waals surface area contributed by atoms with Crippen molar-refractivity contribution in [2.75, 3.05) is 25.0 Å². The Bertz CT molecular complexity index is 669. The van der Waals surface area contributed by atoms with Crippen molar-refractivity contribution >= 4 is 17.4 Å². The van der Waals surface area contributed by atoms with Gasteiger partial charge in [0, 0.05) is 31.4 Å². The van der Waals surface area contributed by atoms with Crippen LogP contribution in [0.25, 0.3) is 5.65 Å². The zero-order valence-corrected chi connectivity index (χ0v) is 12.5. The predicted octanol–water partition coefficient (Wildman–Crippen LogP) is 1.56. The van der Waals surface area contributed by atoms with E-state index in [-0.39, 0.29) is 5.69 Å². The van der Waals surface area contributed by atoms with Crippen LogP contribution >= 0.6 is 0 Å². The Labute approximate surface area is 123 Å². The zero-order chi connectivity index (χ0) is 15.1. The molecule has 6 heteroatoms. The zero-order valence-electron chi connectivity index (χ0n) is 12.5. The Kier molecular flexibility index (Phi) is 3.33. The van der Waals surface area contributed by atoms with E-state index in [0.29, 0.717) is 23.5 Å². The lowest BCUT2D eigenvalue weighted by Crippen LogP contribution is -2.55. The van der Waals surface area contributed by atoms with Crippen molar-refractivity contribution in [2.24, 2.45) is 0 Å². The number of hydrogen-bond donors (Lipinski definition) is 1. The van der Waals surface area contributed by atoms with Gasteiger partial charge < -0.3 is 10.0 Å². The first kappa shape index (κ1) is 13.9. The Balaban J connectivity index is 2.08. The van der Waals surface area contributed by atoms with Crippen LogP contribution in [0, 0.1) is 0 Å². The van der Waals surface area contributed by atoms with E-state index >= 15 is 0 Å². The van der Waals surface area contributed by atoms with Crippen molar-refractivity contribution in [3.05, 3.63) is 30.1 Å². The Morgan fingerprint density at radius 1 is 1.29 bits per heavy atom. The standard InChI is InChI=1S/C15H20N4O2/c1-10-8-18(9-11(2)17(10)3)14-13(15(20)21)19-7-5-4-6-12(19)16-14/h4-7,10-11H,8-9H2,1-3H3,(H,20,21). The minimum absolute atomic E-state index is 0.245. The van der Waals surface area contributed by atoms with Gasteiger partial charge in [-0.25, -0.2) is 9.78 Å². The van der Waals surface area contributed by atoms with Gasteiger partial charge in [0.15, 0.2) is 11.5 Å². The number of pyridine rings is 1. The number of piperazine rings is 1. The summed E-state index contributed by atoms with van der Waals surface area (Å²) in [6.07, 6.45) is 1.75. The molecule has 2 unspecified atom stereocenters. The number of fused-ring (bicyclic) bond motifs is 1. The maximum absolute atomic E-state index is 11.7. The van der Waals surface area contributed by atoms with Crippen molar-refractivity contribution in [1.29, 1.82) is 0 Å². The molecule has 1 saturated heterocycles. The second-order valence-corrected chi connectivity index (χ2v) is 5.79. The number of rotatable bonds is 2. The van der Waals surface area contributed by atoms with E-state index in [4.69, 9.17) is 0 Å². The van der Waals surface area contributed by atoms with Crippen LogP contribution in [0.2, 0.25) is 0 Å². The van der Waals surface area contributed by atoms with Crippen LogP contribution < -0.4 is 4.90 Å². The van der Waals surface area contributed by atoms with Crippen LogP contribution in [0.15, 0.2) is 24.4 Å². The second kappa shape index (κ2) is 5.04. The fourth-order valence-corrected chi connectivity index (χ4v) is 2.98. The molecule has 0 saturated carbocycles. The summed E-state index contributed by atoms with van der Waals surface area (Å²) in [7, 11) is 2.11. The second-order valence-electron chi connectivity index (χ2n) is 5.79. The van der Waals surface area contributed by atoms with Gasteiger partial charge in [-0.1, -0.05) is 6.07 Å². The van der Waals surface area contributed by atoms with Gasteiger partial charge in [0.1, 0.15) is 5.65 Å². The van der Waals surface area contributed by atoms with E-state index in [1.54, 1.807) is 10.6 Å². The molecule has 21 heavy (non-hydrogen) atoms. The molecule has 2 aromatic heterocycles. The van der Waals surface area contributed by atoms with Gasteiger partial charge >= 0.3 is 5.97 Å². The number of carboxylic acids is 1. The Morgan fingerprint density at radius 3 is 2.57 bits per heavy atom. The summed E-state index contributed by atoms with van der Waals surface area (Å²) in [6, 6.07) is 6.24. The molecular weight excluding hydrogens is 268 g/mol. The van der Waals surface area contributed by atoms with Crippen LogP contribution in [-0.2, 0) is 0 Å². The van der Waals surface area contributed by atoms with Crippen LogP contribution in [0.3, 0.4) is 0 Å². The van der Waals surface area contributed by atoms with Crippen LogP contribution in [0.1, 0.15) is 24.3 Å². The first-order valence-corrected chi connectivity index (χ1v) is 7.16. The molecule has 0 aromatic carbocycles. The van der Waals surface area contributed by atoms with E-state index in [2.05, 4.69) is 35.7 Å². The lowest BCUT2D eigenvalue weighted by molar-refractivity contribution is 0.0689. The fraction of sp³-hybridized carbons (Fsp3) is 0.467. The highest BCUT2D eigenvalue weighted by molar-refractivity contribution is 5.93. The SMILES string of the molecule is CC1CN(c2nc3ccccn3c2C(=O)O)CC(C)N1C. The molecule has 2 aromatic rings. The lowest BCUT2D eigenvalue weighted by atomic mass is 10.1. The van der Waals surface area contributed by atoms with Crippen molar-refractivity contribution in [3.8, 4) is 0 Å². The number of likely N-dealkylation sites (N-methyl/N-ethyl adjacent to an activating group) is 1. The number of imidazole rings is 1. The molecule has 112 valence electrons. The van der Waals surface area contributed by atoms with Crippen molar-refractivity contribution in [2.45, 2.75) is 25.9 Å². The molecule has 0 bridgehead atoms. The van der Waals surface area contributed by atoms with Gasteiger partial charge in [-0.15, -0.1) is 0 Å². The van der Waals surface area contributed by atoms with Crippen LogP contribution in [0.5, 0.6) is 0 Å². The minimum atomic E-state index is -0.942. The largest absolute Gasteiger partial charge is 0.476 e. The molecule has 2 atom stereocenters. The van der Waals surface area contributed by atoms with Crippen molar-refractivity contribution < 1.29 is 9.90 Å². The highest BCUT2D eigenvalue weighted by Crippen LogP contribution is 2.25. The maximum Gasteiger partial charge on any atom is 0.356 e. The summed E-state index contributed by atoms with van der Waals surface area (Å²) in [4.78, 5) is 20.6. The molecule has 1 aliphatic rings. The average Bonchev–Trinajstić information content (AvgIpc) is 2.83. The lowest BCUT2D eigenvalue weighted by Gasteiger charge is -2.42. The molecule has 6 nitrogen and oxygen atoms in total. The number of aromatic nitrogens is 2. The monoisotopic (exact) mass is 288 g/mol. The Morgan fingerprint density at radius 2 is 1.95 bits per heavy atom. The predicted molar refractivity (Wildman–Crippen MR) is 81.1 cm³/mol. The number of carboxylic acid groups (broad SMARTS) is 1. The summed E-state index contributed by atoms with van der Waals surface area (Å²) in [5.41, 5.74) is 0.915. The summed E-state index contributed by atoms with van der Waals surface area (Å²) >= 11 is 0. The quantitative estimate of drug-likeness (QED) is 0.908. The topological polar surface area (TPSA) is 61.1 Å². The number of anilines is 1. The highest BCUT2D eigenvalue weighted by atomic mass is 16.4. The molecule has 0 spiro atoms. The fourth-order valence-electron chi connectivity index (χ4n) is 2.98. The van der Waals surface area contributed by atoms with Gasteiger partial charge in [0.05, 0.1) is 0 Å². The van der Waals surface area contributed by atoms with E-state index < -0.39 is 5.97 Å². The van der Waals surface area contributed by atoms with Crippen molar-refractivity contribution in [1.82, 2.24) is 14.3 Å². The molecule has 3 heterocycles. The number of hydrogen-bond acceptors (Lipinski definition) is 4. The molecule has 0 aliphatic carbocycles. The third kappa shape index (κ3) is 2.25. The first-order valence-electron chi connectivity index (χ1n) is 7.16. The minimum Gasteiger partial charge on any atom is -0.476 e. The maximum atomic E-state index is 11.7. The Hall–Kier alpha value is -2.08. The molecule has 1 aliphatic heterocycles. The van der Waals surface area contributed by atoms with E-state index in [1.165, 1.54) is 0 Å². The summed E-state index contributed by atoms with van der Waals surface area (Å²) in [5, 5.41) is 9.57. The smallest absolute Gasteiger partial charge is 0.356 e. The molecule has 3 rings (SSSR count). The van der Waals surface area contributed by atoms with E-state index in [0.717, 1.165) is 13.1 Å². The third-order valence-corrected chi connectivity index (χ3v) is 4.37. The van der Waals surface area contributed by atoms with Gasteiger partial charge in [-0.05, 0) is 33.0 Å². The van der Waals surface area contributed by atoms with Crippen LogP contribution in [0.4, 0.5) is 5.82 Å². The molecular formula is C15H20N4O2. The summed E-state index contributed by atoms with van der Waals surface area (Å²) in [6.45, 7) is 5.87. The molecule has 1 N–H and O–H groups in total. The molecule has 0 amide bonds. The summed E-state index contributed by atoms with van der Waals surface area (Å²) in [5.74, 6) is -0.372. The van der Waals surface area contributed by atoms with Gasteiger partial charge in [-0.3, -0.25) is 9.30 Å². The molecule has 0 radical (unpaired) electrons. The number of aromatic carboxylic acids is 1. The third-order valence-electron chi connectivity index (χ3n) is 4.37. The summed E-state index contributed by atoms with van der Waals surface area (Å²) < 4.78 is 1.64.